The van der Waals surface area contributed by atoms with Gasteiger partial charge >= 0.3 is 0 Å². The Bertz CT molecular complexity index is 482. The van der Waals surface area contributed by atoms with Gasteiger partial charge in [0.15, 0.2) is 0 Å². The van der Waals surface area contributed by atoms with E-state index < -0.39 is 0 Å². The predicted octanol–water partition coefficient (Wildman–Crippen LogP) is 2.83. The highest BCUT2D eigenvalue weighted by Gasteiger charge is 2.26. The molecule has 1 aliphatic rings. The van der Waals surface area contributed by atoms with E-state index in [1.54, 1.807) is 11.0 Å². The second-order valence-electron chi connectivity index (χ2n) is 5.11. The number of benzene rings is 1. The summed E-state index contributed by atoms with van der Waals surface area (Å²) >= 11 is 3.40. The Morgan fingerprint density at radius 2 is 2.20 bits per heavy atom. The molecular weight excluding hydrogens is 344 g/mol. The fraction of sp³-hybridized carbons (Fsp3) is 0.500. The highest BCUT2D eigenvalue weighted by atomic mass is 79.9. The zero-order valence-corrected chi connectivity index (χ0v) is 14.0. The van der Waals surface area contributed by atoms with E-state index in [0.29, 0.717) is 17.9 Å². The van der Waals surface area contributed by atoms with Crippen molar-refractivity contribution in [3.8, 4) is 5.75 Å². The molecule has 1 atom stereocenters. The molecule has 20 heavy (non-hydrogen) atoms. The Balaban J connectivity index is 0.00000200. The number of rotatable bonds is 3. The minimum atomic E-state index is -0.00361. The molecule has 1 heterocycles. The number of halogens is 2. The quantitative estimate of drug-likeness (QED) is 0.898. The molecule has 0 radical (unpaired) electrons. The first-order valence-electron chi connectivity index (χ1n) is 6.48. The first-order chi connectivity index (χ1) is 8.97. The normalized spacial score (nSPS) is 18.1. The van der Waals surface area contributed by atoms with Crippen molar-refractivity contribution in [2.75, 3.05) is 13.1 Å². The van der Waals surface area contributed by atoms with E-state index >= 15 is 0 Å². The average Bonchev–Trinajstić information content (AvgIpc) is 2.74. The van der Waals surface area contributed by atoms with Gasteiger partial charge in [-0.1, -0.05) is 15.9 Å². The van der Waals surface area contributed by atoms with Crippen molar-refractivity contribution in [3.05, 3.63) is 28.2 Å². The molecule has 0 unspecified atom stereocenters. The molecule has 0 saturated carbocycles. The zero-order valence-electron chi connectivity index (χ0n) is 11.6. The van der Waals surface area contributed by atoms with Gasteiger partial charge in [0.2, 0.25) is 0 Å². The molecule has 1 aromatic rings. The standard InChI is InChI=1S/C14H19BrN2O2.ClH/c1-9(2)19-13-7-10(15)3-4-12(13)14(18)17-6-5-11(16)8-17;/h3-4,7,9,11H,5-6,8,16H2,1-2H3;1H/t11-;/m1./s1. The number of carbonyl (C=O) groups excluding carboxylic acids is 1. The van der Waals surface area contributed by atoms with Crippen LogP contribution in [0.4, 0.5) is 0 Å². The van der Waals surface area contributed by atoms with E-state index in [0.717, 1.165) is 17.4 Å². The molecule has 1 amide bonds. The lowest BCUT2D eigenvalue weighted by molar-refractivity contribution is 0.0784. The minimum absolute atomic E-state index is 0. The average molecular weight is 364 g/mol. The van der Waals surface area contributed by atoms with Crippen molar-refractivity contribution in [2.45, 2.75) is 32.4 Å². The van der Waals surface area contributed by atoms with Crippen molar-refractivity contribution in [3.63, 3.8) is 0 Å². The summed E-state index contributed by atoms with van der Waals surface area (Å²) in [6.45, 7) is 5.23. The second kappa shape index (κ2) is 7.29. The molecule has 112 valence electrons. The highest BCUT2D eigenvalue weighted by Crippen LogP contribution is 2.27. The SMILES string of the molecule is CC(C)Oc1cc(Br)ccc1C(=O)N1CC[C@@H](N)C1.Cl. The maximum Gasteiger partial charge on any atom is 0.257 e. The van der Waals surface area contributed by atoms with Gasteiger partial charge in [0.1, 0.15) is 5.75 Å². The van der Waals surface area contributed by atoms with Gasteiger partial charge in [-0.2, -0.15) is 0 Å². The van der Waals surface area contributed by atoms with Crippen LogP contribution in [0, 0.1) is 0 Å². The van der Waals surface area contributed by atoms with Gasteiger partial charge in [0, 0.05) is 23.6 Å². The zero-order chi connectivity index (χ0) is 14.0. The summed E-state index contributed by atoms with van der Waals surface area (Å²) in [5, 5.41) is 0. The largest absolute Gasteiger partial charge is 0.490 e. The topological polar surface area (TPSA) is 55.6 Å². The number of ether oxygens (including phenoxy) is 1. The van der Waals surface area contributed by atoms with Crippen LogP contribution < -0.4 is 10.5 Å². The Labute approximate surface area is 134 Å². The van der Waals surface area contributed by atoms with Gasteiger partial charge in [-0.25, -0.2) is 0 Å². The summed E-state index contributed by atoms with van der Waals surface area (Å²) in [7, 11) is 0. The molecular formula is C14H20BrClN2O2. The first-order valence-corrected chi connectivity index (χ1v) is 7.27. The minimum Gasteiger partial charge on any atom is -0.490 e. The van der Waals surface area contributed by atoms with Crippen molar-refractivity contribution in [2.24, 2.45) is 5.73 Å². The lowest BCUT2D eigenvalue weighted by Gasteiger charge is -2.19. The molecule has 2 rings (SSSR count). The van der Waals surface area contributed by atoms with Crippen LogP contribution in [-0.2, 0) is 0 Å². The Morgan fingerprint density at radius 3 is 2.75 bits per heavy atom. The van der Waals surface area contributed by atoms with Crippen molar-refractivity contribution in [1.29, 1.82) is 0 Å². The van der Waals surface area contributed by atoms with Crippen LogP contribution in [0.25, 0.3) is 0 Å². The van der Waals surface area contributed by atoms with E-state index in [2.05, 4.69) is 15.9 Å². The molecule has 6 heteroatoms. The van der Waals surface area contributed by atoms with Gasteiger partial charge in [0.05, 0.1) is 11.7 Å². The monoisotopic (exact) mass is 362 g/mol. The smallest absolute Gasteiger partial charge is 0.257 e. The first kappa shape index (κ1) is 17.3. The van der Waals surface area contributed by atoms with E-state index in [1.165, 1.54) is 0 Å². The van der Waals surface area contributed by atoms with Crippen LogP contribution in [0.5, 0.6) is 5.75 Å². The third-order valence-corrected chi connectivity index (χ3v) is 3.54. The number of nitrogens with zero attached hydrogens (tertiary/aromatic N) is 1. The number of carbonyl (C=O) groups is 1. The van der Waals surface area contributed by atoms with Gasteiger partial charge in [-0.05, 0) is 38.5 Å². The lowest BCUT2D eigenvalue weighted by atomic mass is 10.1. The van der Waals surface area contributed by atoms with Gasteiger partial charge in [-0.3, -0.25) is 4.79 Å². The lowest BCUT2D eigenvalue weighted by Crippen LogP contribution is -2.32. The van der Waals surface area contributed by atoms with Crippen LogP contribution in [0.1, 0.15) is 30.6 Å². The highest BCUT2D eigenvalue weighted by molar-refractivity contribution is 9.10. The summed E-state index contributed by atoms with van der Waals surface area (Å²) in [4.78, 5) is 14.3. The van der Waals surface area contributed by atoms with Crippen molar-refractivity contribution < 1.29 is 9.53 Å². The number of nitrogens with two attached hydrogens (primary N) is 1. The molecule has 1 aromatic carbocycles. The van der Waals surface area contributed by atoms with Crippen LogP contribution >= 0.6 is 28.3 Å². The van der Waals surface area contributed by atoms with Crippen LogP contribution in [0.15, 0.2) is 22.7 Å². The van der Waals surface area contributed by atoms with Crippen LogP contribution in [-0.4, -0.2) is 36.0 Å². The second-order valence-corrected chi connectivity index (χ2v) is 6.02. The van der Waals surface area contributed by atoms with Gasteiger partial charge in [0.25, 0.3) is 5.91 Å². The van der Waals surface area contributed by atoms with Gasteiger partial charge in [-0.15, -0.1) is 12.4 Å². The Morgan fingerprint density at radius 1 is 1.50 bits per heavy atom. The molecule has 0 bridgehead atoms. The summed E-state index contributed by atoms with van der Waals surface area (Å²) in [6.07, 6.45) is 0.893. The van der Waals surface area contributed by atoms with E-state index in [1.807, 2.05) is 26.0 Å². The number of likely N-dealkylation sites (tertiary alicyclic amines) is 1. The predicted molar refractivity (Wildman–Crippen MR) is 85.6 cm³/mol. The Hall–Kier alpha value is -0.780. The fourth-order valence-electron chi connectivity index (χ4n) is 2.17. The summed E-state index contributed by atoms with van der Waals surface area (Å²) < 4.78 is 6.63. The molecule has 1 fully saturated rings. The number of hydrogen-bond donors (Lipinski definition) is 1. The van der Waals surface area contributed by atoms with Crippen LogP contribution in [0.2, 0.25) is 0 Å². The van der Waals surface area contributed by atoms with Crippen LogP contribution in [0.3, 0.4) is 0 Å². The number of hydrogen-bond acceptors (Lipinski definition) is 3. The third kappa shape index (κ3) is 4.11. The summed E-state index contributed by atoms with van der Waals surface area (Å²) in [6, 6.07) is 5.59. The molecule has 2 N–H and O–H groups in total. The van der Waals surface area contributed by atoms with E-state index in [4.69, 9.17) is 10.5 Å². The maximum absolute atomic E-state index is 12.5. The molecule has 1 aliphatic heterocycles. The molecule has 0 aromatic heterocycles. The Kier molecular flexibility index (Phi) is 6.30. The molecule has 0 aliphatic carbocycles. The van der Waals surface area contributed by atoms with E-state index in [9.17, 15) is 4.79 Å². The number of amides is 1. The van der Waals surface area contributed by atoms with Crippen molar-refractivity contribution >= 4 is 34.2 Å². The molecule has 0 spiro atoms. The van der Waals surface area contributed by atoms with E-state index in [-0.39, 0.29) is 30.5 Å². The molecule has 1 saturated heterocycles. The summed E-state index contributed by atoms with van der Waals surface area (Å²) in [5.74, 6) is 0.617. The third-order valence-electron chi connectivity index (χ3n) is 3.05. The van der Waals surface area contributed by atoms with Gasteiger partial charge < -0.3 is 15.4 Å². The molecule has 4 nitrogen and oxygen atoms in total. The summed E-state index contributed by atoms with van der Waals surface area (Å²) in [5.41, 5.74) is 6.45. The fourth-order valence-corrected chi connectivity index (χ4v) is 2.51. The maximum atomic E-state index is 12.5. The van der Waals surface area contributed by atoms with Crippen molar-refractivity contribution in [1.82, 2.24) is 4.90 Å².